The first-order valence-electron chi connectivity index (χ1n) is 8.28. The molecule has 132 valence electrons. The van der Waals surface area contributed by atoms with Crippen molar-refractivity contribution in [1.29, 1.82) is 0 Å². The molecule has 3 rings (SSSR count). The summed E-state index contributed by atoms with van der Waals surface area (Å²) in [5.41, 5.74) is 0.243. The Bertz CT molecular complexity index is 723. The quantitative estimate of drug-likeness (QED) is 0.869. The molecule has 2 N–H and O–H groups in total. The van der Waals surface area contributed by atoms with Gasteiger partial charge in [-0.25, -0.2) is 4.39 Å². The highest BCUT2D eigenvalue weighted by Crippen LogP contribution is 2.35. The van der Waals surface area contributed by atoms with Crippen molar-refractivity contribution in [2.24, 2.45) is 5.41 Å². The summed E-state index contributed by atoms with van der Waals surface area (Å²) in [4.78, 5) is 18.4. The number of carboxylic acids is 1. The van der Waals surface area contributed by atoms with Crippen LogP contribution in [-0.4, -0.2) is 45.3 Å². The molecule has 1 fully saturated rings. The first-order valence-corrected chi connectivity index (χ1v) is 8.28. The van der Waals surface area contributed by atoms with Crippen LogP contribution in [0.15, 0.2) is 48.7 Å². The van der Waals surface area contributed by atoms with E-state index in [4.69, 9.17) is 0 Å². The van der Waals surface area contributed by atoms with Crippen LogP contribution in [0.5, 0.6) is 0 Å². The second kappa shape index (κ2) is 7.29. The molecular weight excluding hydrogens is 323 g/mol. The van der Waals surface area contributed by atoms with Crippen LogP contribution >= 0.6 is 0 Å². The van der Waals surface area contributed by atoms with Gasteiger partial charge in [0.25, 0.3) is 0 Å². The molecule has 1 aromatic carbocycles. The van der Waals surface area contributed by atoms with E-state index in [1.807, 2.05) is 23.1 Å². The largest absolute Gasteiger partial charge is 0.481 e. The number of likely N-dealkylation sites (tertiary alicyclic amines) is 1. The number of aliphatic hydroxyl groups excluding tert-OH is 1. The van der Waals surface area contributed by atoms with Gasteiger partial charge in [-0.1, -0.05) is 18.2 Å². The minimum Gasteiger partial charge on any atom is -0.481 e. The van der Waals surface area contributed by atoms with Crippen molar-refractivity contribution in [2.45, 2.75) is 25.5 Å². The smallest absolute Gasteiger partial charge is 0.313 e. The summed E-state index contributed by atoms with van der Waals surface area (Å²) in [6, 6.07) is 11.4. The van der Waals surface area contributed by atoms with Crippen LogP contribution in [0.4, 0.5) is 4.39 Å². The van der Waals surface area contributed by atoms with Gasteiger partial charge in [-0.15, -0.1) is 0 Å². The third-order valence-corrected chi connectivity index (χ3v) is 4.83. The van der Waals surface area contributed by atoms with Crippen molar-refractivity contribution in [1.82, 2.24) is 9.88 Å². The minimum absolute atomic E-state index is 0.155. The third-order valence-electron chi connectivity index (χ3n) is 4.83. The Morgan fingerprint density at radius 1 is 1.28 bits per heavy atom. The number of hydrogen-bond acceptors (Lipinski definition) is 4. The molecule has 6 heteroatoms. The second-order valence-electron chi connectivity index (χ2n) is 6.60. The lowest BCUT2D eigenvalue weighted by molar-refractivity contribution is -0.163. The number of carboxylic acid groups (broad SMARTS) is 1. The SMILES string of the molecule is O=C(O)[C@]1(Cc2ccc(F)cc2)CN(Cc2ccccn2)CC[C@@H]1O. The number of hydrogen-bond donors (Lipinski definition) is 2. The molecule has 0 amide bonds. The first-order chi connectivity index (χ1) is 12.0. The van der Waals surface area contributed by atoms with E-state index in [1.165, 1.54) is 12.1 Å². The molecule has 0 radical (unpaired) electrons. The highest BCUT2D eigenvalue weighted by molar-refractivity contribution is 5.76. The van der Waals surface area contributed by atoms with Gasteiger partial charge in [0.2, 0.25) is 0 Å². The molecule has 1 aliphatic heterocycles. The number of aromatic nitrogens is 1. The Morgan fingerprint density at radius 3 is 2.68 bits per heavy atom. The highest BCUT2D eigenvalue weighted by Gasteiger charge is 2.49. The molecule has 1 aromatic heterocycles. The van der Waals surface area contributed by atoms with Gasteiger partial charge in [0, 0.05) is 25.8 Å². The second-order valence-corrected chi connectivity index (χ2v) is 6.60. The van der Waals surface area contributed by atoms with E-state index in [0.29, 0.717) is 25.1 Å². The fraction of sp³-hybridized carbons (Fsp3) is 0.368. The van der Waals surface area contributed by atoms with Gasteiger partial charge < -0.3 is 10.2 Å². The Hall–Kier alpha value is -2.31. The third kappa shape index (κ3) is 3.86. The van der Waals surface area contributed by atoms with Gasteiger partial charge in [0.1, 0.15) is 11.2 Å². The van der Waals surface area contributed by atoms with Crippen molar-refractivity contribution >= 4 is 5.97 Å². The normalized spacial score (nSPS) is 24.2. The Balaban J connectivity index is 1.82. The van der Waals surface area contributed by atoms with Gasteiger partial charge in [-0.05, 0) is 42.7 Å². The molecule has 2 heterocycles. The summed E-state index contributed by atoms with van der Waals surface area (Å²) >= 11 is 0. The summed E-state index contributed by atoms with van der Waals surface area (Å²) < 4.78 is 13.1. The van der Waals surface area contributed by atoms with Gasteiger partial charge in [0.05, 0.1) is 11.8 Å². The molecule has 1 saturated heterocycles. The van der Waals surface area contributed by atoms with Gasteiger partial charge in [-0.2, -0.15) is 0 Å². The van der Waals surface area contributed by atoms with Crippen molar-refractivity contribution in [3.05, 3.63) is 65.7 Å². The maximum absolute atomic E-state index is 13.1. The predicted molar refractivity (Wildman–Crippen MR) is 90.3 cm³/mol. The topological polar surface area (TPSA) is 73.7 Å². The lowest BCUT2D eigenvalue weighted by Crippen LogP contribution is -2.56. The molecule has 5 nitrogen and oxygen atoms in total. The molecular formula is C19H21FN2O3. The van der Waals surface area contributed by atoms with Gasteiger partial charge in [-0.3, -0.25) is 14.7 Å². The predicted octanol–water partition coefficient (Wildman–Crippen LogP) is 2.10. The molecule has 2 atom stereocenters. The fourth-order valence-electron chi connectivity index (χ4n) is 3.45. The number of nitrogens with zero attached hydrogens (tertiary/aromatic N) is 2. The Kier molecular flexibility index (Phi) is 5.11. The van der Waals surface area contributed by atoms with Crippen LogP contribution in [-0.2, 0) is 17.8 Å². The maximum Gasteiger partial charge on any atom is 0.313 e. The molecule has 0 unspecified atom stereocenters. The van der Waals surface area contributed by atoms with Gasteiger partial charge in [0.15, 0.2) is 0 Å². The van der Waals surface area contributed by atoms with E-state index in [2.05, 4.69) is 4.98 Å². The van der Waals surface area contributed by atoms with E-state index in [-0.39, 0.29) is 18.8 Å². The van der Waals surface area contributed by atoms with Crippen molar-refractivity contribution in [3.8, 4) is 0 Å². The van der Waals surface area contributed by atoms with Crippen LogP contribution in [0.25, 0.3) is 0 Å². The standard InChI is InChI=1S/C19H21FN2O3/c20-15-6-4-14(5-7-15)11-19(18(24)25)13-22(10-8-17(19)23)12-16-3-1-2-9-21-16/h1-7,9,17,23H,8,10-13H2,(H,24,25)/t17-,19+/m0/s1. The Morgan fingerprint density at radius 2 is 2.04 bits per heavy atom. The summed E-state index contributed by atoms with van der Waals surface area (Å²) in [7, 11) is 0. The Labute approximate surface area is 145 Å². The minimum atomic E-state index is -1.31. The summed E-state index contributed by atoms with van der Waals surface area (Å²) in [6.07, 6.45) is 1.29. The molecule has 0 bridgehead atoms. The molecule has 25 heavy (non-hydrogen) atoms. The van der Waals surface area contributed by atoms with Crippen LogP contribution in [0.3, 0.4) is 0 Å². The number of benzene rings is 1. The zero-order valence-corrected chi connectivity index (χ0v) is 13.8. The van der Waals surface area contributed by atoms with Crippen LogP contribution < -0.4 is 0 Å². The van der Waals surface area contributed by atoms with Crippen LogP contribution in [0.2, 0.25) is 0 Å². The number of carbonyl (C=O) groups is 1. The average molecular weight is 344 g/mol. The molecule has 2 aromatic rings. The van der Waals surface area contributed by atoms with Crippen molar-refractivity contribution in [3.63, 3.8) is 0 Å². The fourth-order valence-corrected chi connectivity index (χ4v) is 3.45. The molecule has 0 aliphatic carbocycles. The number of piperidine rings is 1. The average Bonchev–Trinajstić information content (AvgIpc) is 2.60. The monoisotopic (exact) mass is 344 g/mol. The zero-order chi connectivity index (χ0) is 17.9. The number of pyridine rings is 1. The number of aliphatic hydroxyl groups is 1. The molecule has 0 spiro atoms. The lowest BCUT2D eigenvalue weighted by Gasteiger charge is -2.43. The number of halogens is 1. The van der Waals surface area contributed by atoms with Gasteiger partial charge >= 0.3 is 5.97 Å². The van der Waals surface area contributed by atoms with Crippen molar-refractivity contribution < 1.29 is 19.4 Å². The number of aliphatic carboxylic acids is 1. The molecule has 0 saturated carbocycles. The van der Waals surface area contributed by atoms with Crippen LogP contribution in [0.1, 0.15) is 17.7 Å². The molecule has 1 aliphatic rings. The van der Waals surface area contributed by atoms with E-state index in [1.54, 1.807) is 18.3 Å². The zero-order valence-electron chi connectivity index (χ0n) is 13.8. The highest BCUT2D eigenvalue weighted by atomic mass is 19.1. The number of rotatable bonds is 5. The van der Waals surface area contributed by atoms with E-state index < -0.39 is 17.5 Å². The van der Waals surface area contributed by atoms with E-state index in [0.717, 1.165) is 5.69 Å². The van der Waals surface area contributed by atoms with Crippen LogP contribution in [0, 0.1) is 11.2 Å². The lowest BCUT2D eigenvalue weighted by atomic mass is 9.73. The first kappa shape index (κ1) is 17.5. The summed E-state index contributed by atoms with van der Waals surface area (Å²) in [5.74, 6) is -1.40. The van der Waals surface area contributed by atoms with E-state index in [9.17, 15) is 19.4 Å². The summed E-state index contributed by atoms with van der Waals surface area (Å²) in [5, 5.41) is 20.4. The van der Waals surface area contributed by atoms with Crippen molar-refractivity contribution in [2.75, 3.05) is 13.1 Å². The maximum atomic E-state index is 13.1. The summed E-state index contributed by atoms with van der Waals surface area (Å²) in [6.45, 7) is 1.36. The van der Waals surface area contributed by atoms with E-state index >= 15 is 0 Å².